The Balaban J connectivity index is 2.30. The molecule has 0 aliphatic carbocycles. The predicted molar refractivity (Wildman–Crippen MR) is 57.1 cm³/mol. The third kappa shape index (κ3) is 3.70. The van der Waals surface area contributed by atoms with Gasteiger partial charge in [0.2, 0.25) is 0 Å². The summed E-state index contributed by atoms with van der Waals surface area (Å²) in [4.78, 5) is 23.4. The Hall–Kier alpha value is -0.780. The van der Waals surface area contributed by atoms with Gasteiger partial charge in [0.1, 0.15) is 6.61 Å². The number of hydrogen-bond donors (Lipinski definition) is 1. The van der Waals surface area contributed by atoms with Gasteiger partial charge in [0.05, 0.1) is 5.92 Å². The summed E-state index contributed by atoms with van der Waals surface area (Å²) in [5.41, 5.74) is 0. The minimum Gasteiger partial charge on any atom is -0.465 e. The zero-order valence-electron chi connectivity index (χ0n) is 8.32. The molecule has 6 heteroatoms. The van der Waals surface area contributed by atoms with Crippen molar-refractivity contribution < 1.29 is 19.4 Å². The van der Waals surface area contributed by atoms with E-state index in [0.717, 1.165) is 0 Å². The Labute approximate surface area is 96.5 Å². The molecule has 0 aromatic rings. The summed E-state index contributed by atoms with van der Waals surface area (Å²) >= 11 is 3.17. The molecule has 1 saturated heterocycles. The summed E-state index contributed by atoms with van der Waals surface area (Å²) in [7, 11) is 0. The van der Waals surface area contributed by atoms with E-state index in [1.54, 1.807) is 0 Å². The van der Waals surface area contributed by atoms with Crippen molar-refractivity contribution in [1.82, 2.24) is 4.90 Å². The summed E-state index contributed by atoms with van der Waals surface area (Å²) in [5, 5.41) is 9.34. The van der Waals surface area contributed by atoms with Crippen LogP contribution in [0, 0.1) is 5.92 Å². The number of alkyl halides is 1. The second kappa shape index (κ2) is 5.95. The van der Waals surface area contributed by atoms with Crippen LogP contribution in [0.2, 0.25) is 0 Å². The van der Waals surface area contributed by atoms with E-state index in [-0.39, 0.29) is 11.9 Å². The fourth-order valence-electron chi connectivity index (χ4n) is 1.56. The van der Waals surface area contributed by atoms with E-state index in [1.807, 2.05) is 0 Å². The van der Waals surface area contributed by atoms with Crippen molar-refractivity contribution in [1.29, 1.82) is 0 Å². The molecule has 0 aromatic heterocycles. The van der Waals surface area contributed by atoms with Gasteiger partial charge in [-0.1, -0.05) is 15.9 Å². The summed E-state index contributed by atoms with van der Waals surface area (Å²) in [6.07, 6.45) is 0.211. The zero-order valence-corrected chi connectivity index (χ0v) is 9.90. The topological polar surface area (TPSA) is 66.8 Å². The quantitative estimate of drug-likeness (QED) is 0.625. The number of nitrogens with zero attached hydrogens (tertiary/aromatic N) is 1. The van der Waals surface area contributed by atoms with Crippen LogP contribution in [0.3, 0.4) is 0 Å². The number of carboxylic acid groups (broad SMARTS) is 1. The fraction of sp³-hybridized carbons (Fsp3) is 0.778. The average Bonchev–Trinajstić information content (AvgIpc) is 2.26. The van der Waals surface area contributed by atoms with Crippen molar-refractivity contribution in [2.24, 2.45) is 5.92 Å². The highest BCUT2D eigenvalue weighted by atomic mass is 79.9. The maximum Gasteiger partial charge on any atom is 0.407 e. The number of carbonyl (C=O) groups excluding carboxylic acids is 1. The molecule has 1 amide bonds. The molecular weight excluding hydrogens is 266 g/mol. The van der Waals surface area contributed by atoms with E-state index in [4.69, 9.17) is 9.84 Å². The Morgan fingerprint density at radius 2 is 2.00 bits per heavy atom. The van der Waals surface area contributed by atoms with Crippen LogP contribution < -0.4 is 0 Å². The number of ether oxygens (including phenoxy) is 1. The van der Waals surface area contributed by atoms with Gasteiger partial charge in [-0.15, -0.1) is 0 Å². The number of amides is 1. The van der Waals surface area contributed by atoms with Crippen molar-refractivity contribution in [3.8, 4) is 0 Å². The monoisotopic (exact) mass is 279 g/mol. The van der Waals surface area contributed by atoms with Crippen LogP contribution in [0.5, 0.6) is 0 Å². The van der Waals surface area contributed by atoms with Crippen LogP contribution in [-0.2, 0) is 9.53 Å². The van der Waals surface area contributed by atoms with Crippen molar-refractivity contribution >= 4 is 28.0 Å². The molecule has 5 nitrogen and oxygen atoms in total. The smallest absolute Gasteiger partial charge is 0.407 e. The number of esters is 1. The lowest BCUT2D eigenvalue weighted by Crippen LogP contribution is -2.39. The maximum absolute atomic E-state index is 11.4. The molecule has 0 spiro atoms. The SMILES string of the molecule is O=C(OCCBr)C1CCN(C(=O)O)CC1. The van der Waals surface area contributed by atoms with E-state index in [0.29, 0.717) is 37.9 Å². The van der Waals surface area contributed by atoms with E-state index in [9.17, 15) is 9.59 Å². The van der Waals surface area contributed by atoms with Crippen molar-refractivity contribution in [2.45, 2.75) is 12.8 Å². The molecule has 15 heavy (non-hydrogen) atoms. The van der Waals surface area contributed by atoms with Gasteiger partial charge in [-0.25, -0.2) is 4.79 Å². The highest BCUT2D eigenvalue weighted by Gasteiger charge is 2.27. The van der Waals surface area contributed by atoms with Crippen LogP contribution in [-0.4, -0.2) is 47.1 Å². The van der Waals surface area contributed by atoms with Crippen LogP contribution in [0.25, 0.3) is 0 Å². The van der Waals surface area contributed by atoms with Crippen LogP contribution >= 0.6 is 15.9 Å². The van der Waals surface area contributed by atoms with Gasteiger partial charge in [0, 0.05) is 18.4 Å². The molecule has 0 atom stereocenters. The molecule has 0 unspecified atom stereocenters. The number of hydrogen-bond acceptors (Lipinski definition) is 3. The molecule has 1 fully saturated rings. The number of halogens is 1. The number of piperidine rings is 1. The summed E-state index contributed by atoms with van der Waals surface area (Å²) in [6.45, 7) is 1.21. The molecule has 0 radical (unpaired) electrons. The van der Waals surface area contributed by atoms with Crippen molar-refractivity contribution in [3.63, 3.8) is 0 Å². The number of rotatable bonds is 3. The second-order valence-electron chi connectivity index (χ2n) is 3.40. The Morgan fingerprint density at radius 3 is 2.47 bits per heavy atom. The van der Waals surface area contributed by atoms with Gasteiger partial charge >= 0.3 is 12.1 Å². The Morgan fingerprint density at radius 1 is 1.40 bits per heavy atom. The first-order chi connectivity index (χ1) is 7.15. The van der Waals surface area contributed by atoms with Crippen molar-refractivity contribution in [2.75, 3.05) is 25.0 Å². The molecule has 1 rings (SSSR count). The highest BCUT2D eigenvalue weighted by molar-refractivity contribution is 9.09. The molecule has 1 N–H and O–H groups in total. The lowest BCUT2D eigenvalue weighted by atomic mass is 9.97. The van der Waals surface area contributed by atoms with Crippen LogP contribution in [0.4, 0.5) is 4.79 Å². The van der Waals surface area contributed by atoms with E-state index >= 15 is 0 Å². The van der Waals surface area contributed by atoms with Crippen molar-refractivity contribution in [3.05, 3.63) is 0 Å². The Kier molecular flexibility index (Phi) is 4.87. The van der Waals surface area contributed by atoms with E-state index < -0.39 is 6.09 Å². The van der Waals surface area contributed by atoms with Gasteiger partial charge in [0.15, 0.2) is 0 Å². The normalized spacial score (nSPS) is 17.5. The number of carbonyl (C=O) groups is 2. The average molecular weight is 280 g/mol. The van der Waals surface area contributed by atoms with Crippen LogP contribution in [0.1, 0.15) is 12.8 Å². The second-order valence-corrected chi connectivity index (χ2v) is 4.19. The highest BCUT2D eigenvalue weighted by Crippen LogP contribution is 2.18. The van der Waals surface area contributed by atoms with E-state index in [2.05, 4.69) is 15.9 Å². The maximum atomic E-state index is 11.4. The first-order valence-electron chi connectivity index (χ1n) is 4.85. The molecule has 86 valence electrons. The lowest BCUT2D eigenvalue weighted by Gasteiger charge is -2.28. The molecule has 1 aliphatic heterocycles. The van der Waals surface area contributed by atoms with Gasteiger partial charge in [0.25, 0.3) is 0 Å². The third-order valence-electron chi connectivity index (χ3n) is 2.42. The summed E-state index contributed by atoms with van der Waals surface area (Å²) in [6, 6.07) is 0. The molecule has 0 saturated carbocycles. The molecule has 1 heterocycles. The Bertz CT molecular complexity index is 238. The van der Waals surface area contributed by atoms with E-state index in [1.165, 1.54) is 4.90 Å². The predicted octanol–water partition coefficient (Wildman–Crippen LogP) is 1.31. The third-order valence-corrected chi connectivity index (χ3v) is 2.74. The fourth-order valence-corrected chi connectivity index (χ4v) is 1.73. The summed E-state index contributed by atoms with van der Waals surface area (Å²) < 4.78 is 4.97. The van der Waals surface area contributed by atoms with Gasteiger partial charge < -0.3 is 14.7 Å². The molecular formula is C9H14BrNO4. The zero-order chi connectivity index (χ0) is 11.3. The first kappa shape index (κ1) is 12.3. The van der Waals surface area contributed by atoms with Crippen LogP contribution in [0.15, 0.2) is 0 Å². The van der Waals surface area contributed by atoms with Gasteiger partial charge in [-0.05, 0) is 12.8 Å². The molecule has 0 bridgehead atoms. The first-order valence-corrected chi connectivity index (χ1v) is 5.97. The lowest BCUT2D eigenvalue weighted by molar-refractivity contribution is -0.149. The van der Waals surface area contributed by atoms with Gasteiger partial charge in [-0.3, -0.25) is 4.79 Å². The number of likely N-dealkylation sites (tertiary alicyclic amines) is 1. The van der Waals surface area contributed by atoms with Gasteiger partial charge in [-0.2, -0.15) is 0 Å². The molecule has 0 aromatic carbocycles. The minimum absolute atomic E-state index is 0.139. The largest absolute Gasteiger partial charge is 0.465 e. The standard InChI is InChI=1S/C9H14BrNO4/c10-3-6-15-8(12)7-1-4-11(5-2-7)9(13)14/h7H,1-6H2,(H,13,14). The minimum atomic E-state index is -0.915. The summed E-state index contributed by atoms with van der Waals surface area (Å²) in [5.74, 6) is -0.348. The molecule has 1 aliphatic rings.